The molecule has 1 atom stereocenters. The van der Waals surface area contributed by atoms with Crippen LogP contribution in [0.15, 0.2) is 48.5 Å². The van der Waals surface area contributed by atoms with Gasteiger partial charge in [-0.1, -0.05) is 24.3 Å². The quantitative estimate of drug-likeness (QED) is 0.882. The van der Waals surface area contributed by atoms with E-state index in [1.54, 1.807) is 31.2 Å². The molecule has 106 valence electrons. The molecule has 2 aromatic carbocycles. The van der Waals surface area contributed by atoms with E-state index in [-0.39, 0.29) is 17.6 Å². The molecule has 1 N–H and O–H groups in total. The van der Waals surface area contributed by atoms with Gasteiger partial charge in [-0.25, -0.2) is 8.78 Å². The van der Waals surface area contributed by atoms with Crippen molar-refractivity contribution in [3.8, 4) is 0 Å². The van der Waals surface area contributed by atoms with E-state index in [1.807, 2.05) is 0 Å². The zero-order valence-corrected chi connectivity index (χ0v) is 11.4. The van der Waals surface area contributed by atoms with Crippen LogP contribution >= 0.6 is 0 Å². The van der Waals surface area contributed by atoms with E-state index >= 15 is 0 Å². The minimum atomic E-state index is -0.481. The van der Waals surface area contributed by atoms with E-state index < -0.39 is 6.10 Å². The van der Waals surface area contributed by atoms with Gasteiger partial charge in [0.25, 0.3) is 0 Å². The third-order valence-corrected chi connectivity index (χ3v) is 3.50. The third-order valence-electron chi connectivity index (χ3n) is 3.50. The molecule has 1 unspecified atom stereocenters. The van der Waals surface area contributed by atoms with Crippen molar-refractivity contribution in [3.63, 3.8) is 0 Å². The van der Waals surface area contributed by atoms with Crippen LogP contribution in [0.25, 0.3) is 0 Å². The maximum absolute atomic E-state index is 12.9. The fraction of sp³-hybridized carbons (Fsp3) is 0.294. The van der Waals surface area contributed by atoms with Crippen molar-refractivity contribution >= 4 is 0 Å². The highest BCUT2D eigenvalue weighted by Crippen LogP contribution is 2.19. The van der Waals surface area contributed by atoms with Gasteiger partial charge in [-0.05, 0) is 61.1 Å². The van der Waals surface area contributed by atoms with Gasteiger partial charge in [-0.3, -0.25) is 0 Å². The minimum Gasteiger partial charge on any atom is -0.393 e. The molecule has 0 aliphatic carbocycles. The molecule has 0 saturated carbocycles. The molecule has 0 fully saturated rings. The zero-order valence-electron chi connectivity index (χ0n) is 11.4. The number of rotatable bonds is 5. The topological polar surface area (TPSA) is 20.2 Å². The molecule has 0 heterocycles. The Labute approximate surface area is 117 Å². The first-order valence-electron chi connectivity index (χ1n) is 6.71. The van der Waals surface area contributed by atoms with Gasteiger partial charge >= 0.3 is 0 Å². The standard InChI is InChI=1S/C17H18F2O/c1-12(20)15(10-13-2-6-16(18)7-3-13)11-14-4-8-17(19)9-5-14/h2-9,12,15,20H,10-11H2,1H3. The van der Waals surface area contributed by atoms with Crippen molar-refractivity contribution in [3.05, 3.63) is 71.3 Å². The first kappa shape index (κ1) is 14.7. The molecule has 2 rings (SSSR count). The summed E-state index contributed by atoms with van der Waals surface area (Å²) < 4.78 is 25.8. The molecule has 20 heavy (non-hydrogen) atoms. The molecular weight excluding hydrogens is 258 g/mol. The average molecular weight is 276 g/mol. The summed E-state index contributed by atoms with van der Waals surface area (Å²) in [5.41, 5.74) is 1.97. The Morgan fingerprint density at radius 2 is 1.15 bits per heavy atom. The van der Waals surface area contributed by atoms with Gasteiger partial charge in [-0.2, -0.15) is 0 Å². The highest BCUT2D eigenvalue weighted by atomic mass is 19.1. The van der Waals surface area contributed by atoms with Crippen LogP contribution in [-0.4, -0.2) is 11.2 Å². The number of aliphatic hydroxyl groups is 1. The van der Waals surface area contributed by atoms with Crippen LogP contribution in [0.5, 0.6) is 0 Å². The maximum atomic E-state index is 12.9. The summed E-state index contributed by atoms with van der Waals surface area (Å²) in [4.78, 5) is 0. The Bertz CT molecular complexity index is 484. The van der Waals surface area contributed by atoms with Crippen LogP contribution in [-0.2, 0) is 12.8 Å². The van der Waals surface area contributed by atoms with Crippen molar-refractivity contribution in [2.75, 3.05) is 0 Å². The normalized spacial score (nSPS) is 12.7. The lowest BCUT2D eigenvalue weighted by Gasteiger charge is -2.20. The molecule has 0 aliphatic heterocycles. The van der Waals surface area contributed by atoms with Crippen molar-refractivity contribution in [1.82, 2.24) is 0 Å². The van der Waals surface area contributed by atoms with Crippen LogP contribution in [0, 0.1) is 17.6 Å². The largest absolute Gasteiger partial charge is 0.393 e. The predicted molar refractivity (Wildman–Crippen MR) is 75.4 cm³/mol. The highest BCUT2D eigenvalue weighted by molar-refractivity contribution is 5.20. The van der Waals surface area contributed by atoms with Crippen LogP contribution in [0.4, 0.5) is 8.78 Å². The number of benzene rings is 2. The van der Waals surface area contributed by atoms with Gasteiger partial charge in [0.1, 0.15) is 11.6 Å². The van der Waals surface area contributed by atoms with E-state index in [9.17, 15) is 13.9 Å². The Balaban J connectivity index is 2.07. The van der Waals surface area contributed by atoms with E-state index in [1.165, 1.54) is 24.3 Å². The third kappa shape index (κ3) is 4.14. The molecule has 0 aliphatic rings. The lowest BCUT2D eigenvalue weighted by molar-refractivity contribution is 0.125. The molecule has 3 heteroatoms. The average Bonchev–Trinajstić information content (AvgIpc) is 2.42. The number of halogens is 2. The Hall–Kier alpha value is -1.74. The minimum absolute atomic E-state index is 0.0194. The SMILES string of the molecule is CC(O)C(Cc1ccc(F)cc1)Cc1ccc(F)cc1. The summed E-state index contributed by atoms with van der Waals surface area (Å²) in [6.07, 6.45) is 0.843. The second-order valence-electron chi connectivity index (χ2n) is 5.16. The van der Waals surface area contributed by atoms with Gasteiger partial charge < -0.3 is 5.11 Å². The smallest absolute Gasteiger partial charge is 0.123 e. The van der Waals surface area contributed by atoms with E-state index in [0.717, 1.165) is 11.1 Å². The summed E-state index contributed by atoms with van der Waals surface area (Å²) >= 11 is 0. The fourth-order valence-electron chi connectivity index (χ4n) is 2.26. The van der Waals surface area contributed by atoms with Gasteiger partial charge in [0, 0.05) is 0 Å². The number of hydrogen-bond donors (Lipinski definition) is 1. The Kier molecular flexibility index (Phi) is 4.85. The Morgan fingerprint density at radius 3 is 1.45 bits per heavy atom. The lowest BCUT2D eigenvalue weighted by atomic mass is 9.89. The molecule has 0 spiro atoms. The first-order chi connectivity index (χ1) is 9.54. The van der Waals surface area contributed by atoms with Crippen LogP contribution in [0.3, 0.4) is 0 Å². The predicted octanol–water partition coefficient (Wildman–Crippen LogP) is 3.75. The first-order valence-corrected chi connectivity index (χ1v) is 6.71. The lowest BCUT2D eigenvalue weighted by Crippen LogP contribution is -2.21. The summed E-state index contributed by atoms with van der Waals surface area (Å²) in [6, 6.07) is 12.6. The molecule has 0 aromatic heterocycles. The van der Waals surface area contributed by atoms with Gasteiger partial charge in [0.05, 0.1) is 6.10 Å². The zero-order chi connectivity index (χ0) is 14.5. The number of hydrogen-bond acceptors (Lipinski definition) is 1. The molecule has 0 bridgehead atoms. The molecule has 0 amide bonds. The van der Waals surface area contributed by atoms with Crippen molar-refractivity contribution < 1.29 is 13.9 Å². The van der Waals surface area contributed by atoms with Crippen molar-refractivity contribution in [2.45, 2.75) is 25.9 Å². The van der Waals surface area contributed by atoms with Crippen LogP contribution in [0.2, 0.25) is 0 Å². The summed E-state index contributed by atoms with van der Waals surface area (Å²) in [5, 5.41) is 9.90. The van der Waals surface area contributed by atoms with Gasteiger partial charge in [-0.15, -0.1) is 0 Å². The van der Waals surface area contributed by atoms with E-state index in [4.69, 9.17) is 0 Å². The van der Waals surface area contributed by atoms with E-state index in [0.29, 0.717) is 12.8 Å². The van der Waals surface area contributed by atoms with Gasteiger partial charge in [0.15, 0.2) is 0 Å². The second kappa shape index (κ2) is 6.62. The van der Waals surface area contributed by atoms with Crippen LogP contribution in [0.1, 0.15) is 18.1 Å². The van der Waals surface area contributed by atoms with Crippen molar-refractivity contribution in [1.29, 1.82) is 0 Å². The highest BCUT2D eigenvalue weighted by Gasteiger charge is 2.16. The van der Waals surface area contributed by atoms with Crippen LogP contribution < -0.4 is 0 Å². The summed E-state index contributed by atoms with van der Waals surface area (Å²) in [6.45, 7) is 1.75. The molecule has 0 radical (unpaired) electrons. The molecule has 2 aromatic rings. The number of aliphatic hydroxyl groups excluding tert-OH is 1. The fourth-order valence-corrected chi connectivity index (χ4v) is 2.26. The molecule has 1 nitrogen and oxygen atoms in total. The van der Waals surface area contributed by atoms with E-state index in [2.05, 4.69) is 0 Å². The van der Waals surface area contributed by atoms with Gasteiger partial charge in [0.2, 0.25) is 0 Å². The Morgan fingerprint density at radius 1 is 0.800 bits per heavy atom. The molecular formula is C17H18F2O. The summed E-state index contributed by atoms with van der Waals surface area (Å²) in [5.74, 6) is -0.507. The molecule has 0 saturated heterocycles. The second-order valence-corrected chi connectivity index (χ2v) is 5.16. The monoisotopic (exact) mass is 276 g/mol. The maximum Gasteiger partial charge on any atom is 0.123 e. The summed E-state index contributed by atoms with van der Waals surface area (Å²) in [7, 11) is 0. The van der Waals surface area contributed by atoms with Crippen molar-refractivity contribution in [2.24, 2.45) is 5.92 Å².